The molecule has 1 aromatic carbocycles. The monoisotopic (exact) mass is 228 g/mol. The molecule has 17 heavy (non-hydrogen) atoms. The molecule has 0 amide bonds. The topological polar surface area (TPSA) is 66.7 Å². The molecule has 3 rings (SSSR count). The molecule has 0 unspecified atom stereocenters. The standard InChI is InChI=1S/C12H12N4O/c1-7-11(17-12(13-2)16-7)8-3-4-9-10(5-8)15-6-14-9/h3-6H,1-2H3,(H,13,16)(H,14,15). The molecule has 0 saturated carbocycles. The van der Waals surface area contributed by atoms with Crippen molar-refractivity contribution in [1.82, 2.24) is 15.0 Å². The summed E-state index contributed by atoms with van der Waals surface area (Å²) in [5.41, 5.74) is 3.80. The van der Waals surface area contributed by atoms with E-state index in [1.54, 1.807) is 13.4 Å². The van der Waals surface area contributed by atoms with E-state index in [0.717, 1.165) is 28.1 Å². The molecule has 0 radical (unpaired) electrons. The Labute approximate surface area is 97.9 Å². The van der Waals surface area contributed by atoms with E-state index in [4.69, 9.17) is 4.42 Å². The van der Waals surface area contributed by atoms with Gasteiger partial charge in [0.25, 0.3) is 6.01 Å². The highest BCUT2D eigenvalue weighted by Gasteiger charge is 2.11. The van der Waals surface area contributed by atoms with Gasteiger partial charge < -0.3 is 14.7 Å². The molecule has 2 N–H and O–H groups in total. The maximum absolute atomic E-state index is 5.62. The third kappa shape index (κ3) is 1.56. The van der Waals surface area contributed by atoms with Gasteiger partial charge in [-0.1, -0.05) is 0 Å². The van der Waals surface area contributed by atoms with E-state index in [1.807, 2.05) is 25.1 Å². The Morgan fingerprint density at radius 2 is 2.24 bits per heavy atom. The molecule has 86 valence electrons. The number of hydrogen-bond donors (Lipinski definition) is 2. The predicted molar refractivity (Wildman–Crippen MR) is 65.9 cm³/mol. The molecule has 0 fully saturated rings. The van der Waals surface area contributed by atoms with Crippen molar-refractivity contribution in [2.45, 2.75) is 6.92 Å². The number of benzene rings is 1. The van der Waals surface area contributed by atoms with E-state index in [0.29, 0.717) is 6.01 Å². The van der Waals surface area contributed by atoms with Gasteiger partial charge in [0.15, 0.2) is 5.76 Å². The molecular weight excluding hydrogens is 216 g/mol. The lowest BCUT2D eigenvalue weighted by atomic mass is 10.1. The van der Waals surface area contributed by atoms with Gasteiger partial charge in [-0.2, -0.15) is 4.98 Å². The molecule has 0 bridgehead atoms. The summed E-state index contributed by atoms with van der Waals surface area (Å²) in [5, 5.41) is 2.89. The van der Waals surface area contributed by atoms with Crippen LogP contribution in [0.5, 0.6) is 0 Å². The van der Waals surface area contributed by atoms with Gasteiger partial charge in [0.1, 0.15) is 0 Å². The molecule has 2 aromatic heterocycles. The minimum atomic E-state index is 0.530. The fourth-order valence-electron chi connectivity index (χ4n) is 1.85. The first-order chi connectivity index (χ1) is 8.28. The number of fused-ring (bicyclic) bond motifs is 1. The number of anilines is 1. The molecule has 0 aliphatic rings. The van der Waals surface area contributed by atoms with E-state index in [-0.39, 0.29) is 0 Å². The Balaban J connectivity index is 2.15. The van der Waals surface area contributed by atoms with Crippen LogP contribution in [-0.4, -0.2) is 22.0 Å². The Kier molecular flexibility index (Phi) is 2.11. The molecular formula is C12H12N4O. The first-order valence-electron chi connectivity index (χ1n) is 5.36. The Morgan fingerprint density at radius 3 is 3.00 bits per heavy atom. The van der Waals surface area contributed by atoms with Crippen LogP contribution in [0.1, 0.15) is 5.69 Å². The molecule has 2 heterocycles. The van der Waals surface area contributed by atoms with E-state index < -0.39 is 0 Å². The van der Waals surface area contributed by atoms with Crippen molar-refractivity contribution in [3.8, 4) is 11.3 Å². The van der Waals surface area contributed by atoms with Crippen LogP contribution >= 0.6 is 0 Å². The Morgan fingerprint density at radius 1 is 1.35 bits per heavy atom. The molecule has 5 nitrogen and oxygen atoms in total. The fourth-order valence-corrected chi connectivity index (χ4v) is 1.85. The predicted octanol–water partition coefficient (Wildman–Crippen LogP) is 2.57. The minimum Gasteiger partial charge on any atom is -0.423 e. The minimum absolute atomic E-state index is 0.530. The van der Waals surface area contributed by atoms with Crippen molar-refractivity contribution >= 4 is 17.0 Å². The van der Waals surface area contributed by atoms with Crippen LogP contribution < -0.4 is 5.32 Å². The lowest BCUT2D eigenvalue weighted by molar-refractivity contribution is 0.589. The summed E-state index contributed by atoms with van der Waals surface area (Å²) in [7, 11) is 1.78. The van der Waals surface area contributed by atoms with Crippen molar-refractivity contribution in [2.75, 3.05) is 12.4 Å². The fraction of sp³-hybridized carbons (Fsp3) is 0.167. The van der Waals surface area contributed by atoms with Gasteiger partial charge in [-0.3, -0.25) is 0 Å². The number of aromatic amines is 1. The highest BCUT2D eigenvalue weighted by atomic mass is 16.4. The number of aromatic nitrogens is 3. The molecule has 0 aliphatic carbocycles. The number of H-pyrrole nitrogens is 1. The van der Waals surface area contributed by atoms with Crippen LogP contribution in [0.25, 0.3) is 22.4 Å². The van der Waals surface area contributed by atoms with Crippen LogP contribution in [0.3, 0.4) is 0 Å². The summed E-state index contributed by atoms with van der Waals surface area (Å²) in [6, 6.07) is 6.48. The smallest absolute Gasteiger partial charge is 0.295 e. The van der Waals surface area contributed by atoms with Gasteiger partial charge >= 0.3 is 0 Å². The quantitative estimate of drug-likeness (QED) is 0.707. The number of rotatable bonds is 2. The summed E-state index contributed by atoms with van der Waals surface area (Å²) < 4.78 is 5.62. The largest absolute Gasteiger partial charge is 0.423 e. The van der Waals surface area contributed by atoms with E-state index in [1.165, 1.54) is 0 Å². The van der Waals surface area contributed by atoms with Crippen LogP contribution in [0.2, 0.25) is 0 Å². The molecule has 0 aliphatic heterocycles. The number of oxazole rings is 1. The number of nitrogens with zero attached hydrogens (tertiary/aromatic N) is 2. The maximum atomic E-state index is 5.62. The average molecular weight is 228 g/mol. The zero-order valence-electron chi connectivity index (χ0n) is 9.61. The van der Waals surface area contributed by atoms with Gasteiger partial charge in [0.2, 0.25) is 0 Å². The highest BCUT2D eigenvalue weighted by molar-refractivity contribution is 5.80. The second-order valence-corrected chi connectivity index (χ2v) is 3.82. The number of nitrogens with one attached hydrogen (secondary N) is 2. The highest BCUT2D eigenvalue weighted by Crippen LogP contribution is 2.28. The summed E-state index contributed by atoms with van der Waals surface area (Å²) in [4.78, 5) is 11.5. The van der Waals surface area contributed by atoms with E-state index in [9.17, 15) is 0 Å². The van der Waals surface area contributed by atoms with Gasteiger partial charge in [-0.25, -0.2) is 4.98 Å². The molecule has 3 aromatic rings. The van der Waals surface area contributed by atoms with Crippen LogP contribution in [0.15, 0.2) is 28.9 Å². The summed E-state index contributed by atoms with van der Waals surface area (Å²) in [5.74, 6) is 0.783. The van der Waals surface area contributed by atoms with Crippen LogP contribution in [0.4, 0.5) is 6.01 Å². The number of imidazole rings is 1. The van der Waals surface area contributed by atoms with Gasteiger partial charge in [-0.05, 0) is 25.1 Å². The van der Waals surface area contributed by atoms with Gasteiger partial charge in [0.05, 0.1) is 23.1 Å². The Hall–Kier alpha value is -2.30. The molecule has 0 atom stereocenters. The summed E-state index contributed by atoms with van der Waals surface area (Å²) >= 11 is 0. The third-order valence-corrected chi connectivity index (χ3v) is 2.69. The van der Waals surface area contributed by atoms with E-state index >= 15 is 0 Å². The van der Waals surface area contributed by atoms with Gasteiger partial charge in [-0.15, -0.1) is 0 Å². The lowest BCUT2D eigenvalue weighted by Gasteiger charge is -1.97. The molecule has 0 spiro atoms. The zero-order chi connectivity index (χ0) is 11.8. The molecule has 0 saturated heterocycles. The summed E-state index contributed by atoms with van der Waals surface area (Å²) in [6.45, 7) is 1.93. The van der Waals surface area contributed by atoms with Crippen molar-refractivity contribution in [3.05, 3.63) is 30.2 Å². The van der Waals surface area contributed by atoms with Crippen molar-refractivity contribution < 1.29 is 4.42 Å². The first-order valence-corrected chi connectivity index (χ1v) is 5.36. The number of aryl methyl sites for hydroxylation is 1. The average Bonchev–Trinajstić information content (AvgIpc) is 2.93. The summed E-state index contributed by atoms with van der Waals surface area (Å²) in [6.07, 6.45) is 1.68. The van der Waals surface area contributed by atoms with Crippen LogP contribution in [-0.2, 0) is 0 Å². The van der Waals surface area contributed by atoms with Gasteiger partial charge in [0, 0.05) is 12.6 Å². The van der Waals surface area contributed by atoms with Crippen molar-refractivity contribution in [1.29, 1.82) is 0 Å². The number of hydrogen-bond acceptors (Lipinski definition) is 4. The van der Waals surface area contributed by atoms with Crippen molar-refractivity contribution in [3.63, 3.8) is 0 Å². The second-order valence-electron chi connectivity index (χ2n) is 3.82. The lowest BCUT2D eigenvalue weighted by Crippen LogP contribution is -1.85. The van der Waals surface area contributed by atoms with E-state index in [2.05, 4.69) is 20.3 Å². The van der Waals surface area contributed by atoms with Crippen molar-refractivity contribution in [2.24, 2.45) is 0 Å². The maximum Gasteiger partial charge on any atom is 0.295 e. The SMILES string of the molecule is CNc1nc(C)c(-c2ccc3nc[nH]c3c2)o1. The zero-order valence-corrected chi connectivity index (χ0v) is 9.61. The van der Waals surface area contributed by atoms with Crippen LogP contribution in [0, 0.1) is 6.92 Å². The normalized spacial score (nSPS) is 10.9. The first kappa shape index (κ1) is 9.89. The second kappa shape index (κ2) is 3.62. The Bertz CT molecular complexity index is 668. The third-order valence-electron chi connectivity index (χ3n) is 2.69. The molecule has 5 heteroatoms.